The number of likely N-dealkylation sites (N-methyl/N-ethyl adjacent to an activating group) is 1. The summed E-state index contributed by atoms with van der Waals surface area (Å²) >= 11 is 0. The van der Waals surface area contributed by atoms with Crippen LogP contribution in [-0.4, -0.2) is 19.0 Å². The first-order valence-electron chi connectivity index (χ1n) is 8.23. The van der Waals surface area contributed by atoms with Crippen molar-refractivity contribution in [2.45, 2.75) is 39.3 Å². The predicted octanol–water partition coefficient (Wildman–Crippen LogP) is 5.92. The summed E-state index contributed by atoms with van der Waals surface area (Å²) in [7, 11) is 1.59. The van der Waals surface area contributed by atoms with Crippen molar-refractivity contribution in [1.29, 1.82) is 0 Å². The molecule has 0 aliphatic rings. The number of allylic oxidation sites excluding steroid dienone is 4. The summed E-state index contributed by atoms with van der Waals surface area (Å²) in [6, 6.07) is 7.09. The van der Waals surface area contributed by atoms with E-state index in [2.05, 4.69) is 6.58 Å². The third kappa shape index (κ3) is 5.93. The van der Waals surface area contributed by atoms with Crippen molar-refractivity contribution >= 4 is 17.5 Å². The van der Waals surface area contributed by atoms with E-state index < -0.39 is 11.7 Å². The molecule has 0 radical (unpaired) electrons. The molecule has 1 rings (SSSR count). The van der Waals surface area contributed by atoms with Crippen LogP contribution in [-0.2, 0) is 4.79 Å². The van der Waals surface area contributed by atoms with Gasteiger partial charge in [0.05, 0.1) is 11.3 Å². The van der Waals surface area contributed by atoms with E-state index in [1.54, 1.807) is 51.2 Å². The second-order valence-corrected chi connectivity index (χ2v) is 5.61. The van der Waals surface area contributed by atoms with Gasteiger partial charge in [0, 0.05) is 19.2 Å². The highest BCUT2D eigenvalue weighted by atomic mass is 19.4. The van der Waals surface area contributed by atoms with E-state index in [0.29, 0.717) is 18.5 Å². The summed E-state index contributed by atoms with van der Waals surface area (Å²) < 4.78 is 39.8. The Bertz CT molecular complexity index is 655. The number of nitrogens with zero attached hydrogens (tertiary/aromatic N) is 1. The van der Waals surface area contributed by atoms with Gasteiger partial charge in [-0.2, -0.15) is 13.2 Å². The lowest BCUT2D eigenvalue weighted by atomic mass is 10.1. The standard InChI is InChI=1S/C20H24F3NO/c1-5-8-9-16(20(21,22)23)14-18(19(25)7-3)24(4)17-12-10-15(6-2)11-13-17/h6,9-14H,2,5,7-8H2,1,3-4H3/b16-9+,18-14-. The number of Topliss-reactive ketones (excluding diaryl/α,β-unsaturated/α-hetero) is 1. The maximum absolute atomic E-state index is 13.3. The lowest BCUT2D eigenvalue weighted by Crippen LogP contribution is -2.24. The van der Waals surface area contributed by atoms with Crippen molar-refractivity contribution in [2.75, 3.05) is 11.9 Å². The van der Waals surface area contributed by atoms with Gasteiger partial charge in [-0.25, -0.2) is 0 Å². The summed E-state index contributed by atoms with van der Waals surface area (Å²) in [6.45, 7) is 7.10. The molecule has 0 fully saturated rings. The van der Waals surface area contributed by atoms with Crippen molar-refractivity contribution in [1.82, 2.24) is 0 Å². The minimum atomic E-state index is -4.50. The molecule has 25 heavy (non-hydrogen) atoms. The lowest BCUT2D eigenvalue weighted by Gasteiger charge is -2.23. The highest BCUT2D eigenvalue weighted by molar-refractivity contribution is 5.99. The molecule has 5 heteroatoms. The van der Waals surface area contributed by atoms with Gasteiger partial charge in [-0.1, -0.05) is 51.1 Å². The minimum Gasteiger partial charge on any atom is -0.342 e. The van der Waals surface area contributed by atoms with E-state index in [1.807, 2.05) is 0 Å². The molecule has 0 aliphatic heterocycles. The molecule has 0 saturated carbocycles. The Balaban J connectivity index is 3.34. The second-order valence-electron chi connectivity index (χ2n) is 5.61. The van der Waals surface area contributed by atoms with Crippen molar-refractivity contribution in [3.05, 3.63) is 59.8 Å². The van der Waals surface area contributed by atoms with Crippen LogP contribution in [0.3, 0.4) is 0 Å². The van der Waals surface area contributed by atoms with Crippen LogP contribution in [0.2, 0.25) is 0 Å². The zero-order valence-electron chi connectivity index (χ0n) is 14.9. The fourth-order valence-corrected chi connectivity index (χ4v) is 2.22. The maximum Gasteiger partial charge on any atom is 0.416 e. The Morgan fingerprint density at radius 3 is 2.24 bits per heavy atom. The third-order valence-electron chi connectivity index (χ3n) is 3.76. The molecule has 1 aromatic rings. The van der Waals surface area contributed by atoms with Gasteiger partial charge in [0.2, 0.25) is 0 Å². The Labute approximate surface area is 147 Å². The topological polar surface area (TPSA) is 20.3 Å². The van der Waals surface area contributed by atoms with E-state index in [-0.39, 0.29) is 17.9 Å². The molecular formula is C20H24F3NO. The Morgan fingerprint density at radius 1 is 1.20 bits per heavy atom. The molecule has 1 aromatic carbocycles. The summed E-state index contributed by atoms with van der Waals surface area (Å²) in [5, 5.41) is 0. The number of hydrogen-bond acceptors (Lipinski definition) is 2. The van der Waals surface area contributed by atoms with Gasteiger partial charge in [0.15, 0.2) is 5.78 Å². The monoisotopic (exact) mass is 351 g/mol. The molecule has 0 bridgehead atoms. The number of carbonyl (C=O) groups excluding carboxylic acids is 1. The van der Waals surface area contributed by atoms with Crippen molar-refractivity contribution in [2.24, 2.45) is 0 Å². The molecule has 0 heterocycles. The average Bonchev–Trinajstić information content (AvgIpc) is 2.59. The lowest BCUT2D eigenvalue weighted by molar-refractivity contribution is -0.115. The van der Waals surface area contributed by atoms with Gasteiger partial charge in [-0.3, -0.25) is 4.79 Å². The number of hydrogen-bond donors (Lipinski definition) is 0. The minimum absolute atomic E-state index is 0.0218. The second kappa shape index (κ2) is 9.25. The molecule has 0 saturated heterocycles. The largest absolute Gasteiger partial charge is 0.416 e. The van der Waals surface area contributed by atoms with Crippen LogP contribution in [0.15, 0.2) is 54.3 Å². The van der Waals surface area contributed by atoms with Crippen molar-refractivity contribution in [3.8, 4) is 0 Å². The molecule has 0 unspecified atom stereocenters. The Kier molecular flexibility index (Phi) is 7.68. The summed E-state index contributed by atoms with van der Waals surface area (Å²) in [6.07, 6.45) is 0.287. The Hall–Kier alpha value is -2.30. The van der Waals surface area contributed by atoms with E-state index >= 15 is 0 Å². The quantitative estimate of drug-likeness (QED) is 0.428. The molecule has 0 N–H and O–H groups in total. The fraction of sp³-hybridized carbons (Fsp3) is 0.350. The number of carbonyl (C=O) groups is 1. The van der Waals surface area contributed by atoms with Crippen LogP contribution in [0.1, 0.15) is 38.7 Å². The normalized spacial score (nSPS) is 12.9. The van der Waals surface area contributed by atoms with Crippen LogP contribution in [0.25, 0.3) is 6.08 Å². The SMILES string of the molecule is C=Cc1ccc(N(C)/C(=C\C(=C/CCC)C(F)(F)F)C(=O)CC)cc1. The van der Waals surface area contributed by atoms with Gasteiger partial charge in [-0.05, 0) is 30.2 Å². The molecule has 0 aliphatic carbocycles. The number of ketones is 1. The molecule has 2 nitrogen and oxygen atoms in total. The number of alkyl halides is 3. The molecular weight excluding hydrogens is 327 g/mol. The highest BCUT2D eigenvalue weighted by Gasteiger charge is 2.33. The number of halogens is 3. The predicted molar refractivity (Wildman–Crippen MR) is 97.4 cm³/mol. The highest BCUT2D eigenvalue weighted by Crippen LogP contribution is 2.30. The zero-order chi connectivity index (χ0) is 19.0. The van der Waals surface area contributed by atoms with Crippen LogP contribution < -0.4 is 4.90 Å². The van der Waals surface area contributed by atoms with Crippen LogP contribution in [0, 0.1) is 0 Å². The van der Waals surface area contributed by atoms with Gasteiger partial charge in [-0.15, -0.1) is 0 Å². The fourth-order valence-electron chi connectivity index (χ4n) is 2.22. The molecule has 0 atom stereocenters. The van der Waals surface area contributed by atoms with E-state index in [1.165, 1.54) is 4.90 Å². The summed E-state index contributed by atoms with van der Waals surface area (Å²) in [4.78, 5) is 13.8. The number of unbranched alkanes of at least 4 members (excludes halogenated alkanes) is 1. The van der Waals surface area contributed by atoms with Crippen molar-refractivity contribution < 1.29 is 18.0 Å². The first kappa shape index (κ1) is 20.7. The molecule has 0 amide bonds. The zero-order valence-corrected chi connectivity index (χ0v) is 14.9. The maximum atomic E-state index is 13.3. The van der Waals surface area contributed by atoms with Gasteiger partial charge >= 0.3 is 6.18 Å². The average molecular weight is 351 g/mol. The van der Waals surface area contributed by atoms with E-state index in [0.717, 1.165) is 17.7 Å². The third-order valence-corrected chi connectivity index (χ3v) is 3.76. The van der Waals surface area contributed by atoms with Gasteiger partial charge in [0.25, 0.3) is 0 Å². The molecule has 0 spiro atoms. The molecule has 136 valence electrons. The number of rotatable bonds is 8. The summed E-state index contributed by atoms with van der Waals surface area (Å²) in [5.74, 6) is -0.345. The number of benzene rings is 1. The first-order chi connectivity index (χ1) is 11.7. The van der Waals surface area contributed by atoms with E-state index in [4.69, 9.17) is 0 Å². The van der Waals surface area contributed by atoms with Gasteiger partial charge in [0.1, 0.15) is 0 Å². The summed E-state index contributed by atoms with van der Waals surface area (Å²) in [5.41, 5.74) is 0.758. The Morgan fingerprint density at radius 2 is 1.80 bits per heavy atom. The van der Waals surface area contributed by atoms with Crippen LogP contribution in [0.4, 0.5) is 18.9 Å². The smallest absolute Gasteiger partial charge is 0.342 e. The van der Waals surface area contributed by atoms with Crippen molar-refractivity contribution in [3.63, 3.8) is 0 Å². The van der Waals surface area contributed by atoms with Gasteiger partial charge < -0.3 is 4.90 Å². The van der Waals surface area contributed by atoms with Crippen LogP contribution >= 0.6 is 0 Å². The van der Waals surface area contributed by atoms with E-state index in [9.17, 15) is 18.0 Å². The first-order valence-corrected chi connectivity index (χ1v) is 8.23. The molecule has 0 aromatic heterocycles. The number of anilines is 1. The van der Waals surface area contributed by atoms with Crippen LogP contribution in [0.5, 0.6) is 0 Å².